The fourth-order valence-electron chi connectivity index (χ4n) is 2.19. The highest BCUT2D eigenvalue weighted by Gasteiger charge is 2.15. The van der Waals surface area contributed by atoms with Crippen LogP contribution in [0, 0.1) is 0 Å². The summed E-state index contributed by atoms with van der Waals surface area (Å²) in [4.78, 5) is 2.55. The maximum Gasteiger partial charge on any atom is 0.179 e. The SMILES string of the molecule is CCN(CCS(=O)(=O)c1ccccc1)Cc1ccccc1. The zero-order valence-electron chi connectivity index (χ0n) is 12.3. The minimum absolute atomic E-state index is 0.150. The molecule has 0 radical (unpaired) electrons. The van der Waals surface area contributed by atoms with Gasteiger partial charge >= 0.3 is 0 Å². The van der Waals surface area contributed by atoms with E-state index in [1.807, 2.05) is 24.3 Å². The van der Waals surface area contributed by atoms with Crippen molar-refractivity contribution in [3.05, 3.63) is 66.2 Å². The summed E-state index contributed by atoms with van der Waals surface area (Å²) >= 11 is 0. The van der Waals surface area contributed by atoms with Crippen LogP contribution >= 0.6 is 0 Å². The molecular formula is C17H21NO2S. The number of hydrogen-bond donors (Lipinski definition) is 0. The number of hydrogen-bond acceptors (Lipinski definition) is 3. The molecule has 0 bridgehead atoms. The van der Waals surface area contributed by atoms with Crippen molar-refractivity contribution in [1.82, 2.24) is 4.90 Å². The van der Waals surface area contributed by atoms with Gasteiger partial charge in [0, 0.05) is 13.1 Å². The standard InChI is InChI=1S/C17H21NO2S/c1-2-18(15-16-9-5-3-6-10-16)13-14-21(19,20)17-11-7-4-8-12-17/h3-12H,2,13-15H2,1H3. The lowest BCUT2D eigenvalue weighted by atomic mass is 10.2. The third kappa shape index (κ3) is 4.69. The Balaban J connectivity index is 1.97. The molecule has 2 rings (SSSR count). The van der Waals surface area contributed by atoms with Crippen LogP contribution < -0.4 is 0 Å². The fraction of sp³-hybridized carbons (Fsp3) is 0.294. The first-order chi connectivity index (χ1) is 10.1. The first-order valence-electron chi connectivity index (χ1n) is 7.16. The van der Waals surface area contributed by atoms with Gasteiger partial charge in [0.2, 0.25) is 0 Å². The molecular weight excluding hydrogens is 282 g/mol. The van der Waals surface area contributed by atoms with E-state index in [1.165, 1.54) is 5.56 Å². The third-order valence-electron chi connectivity index (χ3n) is 3.47. The third-order valence-corrected chi connectivity index (χ3v) is 5.19. The van der Waals surface area contributed by atoms with Crippen molar-refractivity contribution in [2.24, 2.45) is 0 Å². The van der Waals surface area contributed by atoms with E-state index < -0.39 is 9.84 Å². The highest BCUT2D eigenvalue weighted by Crippen LogP contribution is 2.11. The van der Waals surface area contributed by atoms with Crippen LogP contribution in [0.5, 0.6) is 0 Å². The maximum absolute atomic E-state index is 12.3. The highest BCUT2D eigenvalue weighted by molar-refractivity contribution is 7.91. The maximum atomic E-state index is 12.3. The summed E-state index contributed by atoms with van der Waals surface area (Å²) < 4.78 is 24.6. The number of benzene rings is 2. The Morgan fingerprint density at radius 1 is 0.905 bits per heavy atom. The molecule has 3 nitrogen and oxygen atoms in total. The molecule has 0 fully saturated rings. The van der Waals surface area contributed by atoms with E-state index in [0.717, 1.165) is 13.1 Å². The first kappa shape index (κ1) is 15.7. The molecule has 0 N–H and O–H groups in total. The van der Waals surface area contributed by atoms with Crippen LogP contribution in [0.3, 0.4) is 0 Å². The van der Waals surface area contributed by atoms with Gasteiger partial charge in [0.1, 0.15) is 0 Å². The summed E-state index contributed by atoms with van der Waals surface area (Å²) in [5, 5.41) is 0. The van der Waals surface area contributed by atoms with Gasteiger partial charge in [-0.25, -0.2) is 8.42 Å². The Morgan fingerprint density at radius 2 is 1.48 bits per heavy atom. The Kier molecular flexibility index (Phi) is 5.53. The fourth-order valence-corrected chi connectivity index (χ4v) is 3.49. The van der Waals surface area contributed by atoms with Gasteiger partial charge in [0.05, 0.1) is 10.6 Å². The Bertz CT molecular complexity index is 639. The number of rotatable bonds is 7. The Morgan fingerprint density at radius 3 is 2.05 bits per heavy atom. The molecule has 0 aliphatic heterocycles. The minimum Gasteiger partial charge on any atom is -0.298 e. The van der Waals surface area contributed by atoms with Gasteiger partial charge in [-0.1, -0.05) is 55.5 Å². The van der Waals surface area contributed by atoms with Gasteiger partial charge in [-0.3, -0.25) is 4.90 Å². The average Bonchev–Trinajstić information content (AvgIpc) is 2.53. The van der Waals surface area contributed by atoms with Crippen molar-refractivity contribution in [2.75, 3.05) is 18.8 Å². The summed E-state index contributed by atoms with van der Waals surface area (Å²) in [6.45, 7) is 4.21. The van der Waals surface area contributed by atoms with Gasteiger partial charge < -0.3 is 0 Å². The molecule has 0 saturated carbocycles. The quantitative estimate of drug-likeness (QED) is 0.789. The molecule has 2 aromatic rings. The van der Waals surface area contributed by atoms with E-state index in [1.54, 1.807) is 24.3 Å². The van der Waals surface area contributed by atoms with E-state index in [9.17, 15) is 8.42 Å². The molecule has 112 valence electrons. The molecule has 0 amide bonds. The molecule has 0 atom stereocenters. The zero-order valence-corrected chi connectivity index (χ0v) is 13.1. The summed E-state index contributed by atoms with van der Waals surface area (Å²) in [7, 11) is -3.20. The van der Waals surface area contributed by atoms with Crippen LogP contribution in [-0.4, -0.2) is 32.2 Å². The molecule has 4 heteroatoms. The normalized spacial score (nSPS) is 11.7. The molecule has 2 aromatic carbocycles. The lowest BCUT2D eigenvalue weighted by Gasteiger charge is -2.20. The zero-order chi connectivity index (χ0) is 15.1. The first-order valence-corrected chi connectivity index (χ1v) is 8.81. The smallest absolute Gasteiger partial charge is 0.179 e. The van der Waals surface area contributed by atoms with Gasteiger partial charge in [-0.05, 0) is 24.2 Å². The lowest BCUT2D eigenvalue weighted by molar-refractivity contribution is 0.296. The Hall–Kier alpha value is -1.65. The van der Waals surface area contributed by atoms with E-state index in [4.69, 9.17) is 0 Å². The predicted octanol–water partition coefficient (Wildman–Crippen LogP) is 2.98. The summed E-state index contributed by atoms with van der Waals surface area (Å²) in [5.41, 5.74) is 1.21. The van der Waals surface area contributed by atoms with Crippen molar-refractivity contribution in [2.45, 2.75) is 18.4 Å². The van der Waals surface area contributed by atoms with Crippen LogP contribution in [0.25, 0.3) is 0 Å². The number of sulfone groups is 1. The van der Waals surface area contributed by atoms with Crippen molar-refractivity contribution >= 4 is 9.84 Å². The highest BCUT2D eigenvalue weighted by atomic mass is 32.2. The molecule has 0 aliphatic rings. The molecule has 0 saturated heterocycles. The molecule has 0 spiro atoms. The monoisotopic (exact) mass is 303 g/mol. The van der Waals surface area contributed by atoms with Crippen LogP contribution in [0.1, 0.15) is 12.5 Å². The average molecular weight is 303 g/mol. The summed E-state index contributed by atoms with van der Waals surface area (Å²) in [6.07, 6.45) is 0. The second-order valence-electron chi connectivity index (χ2n) is 4.99. The molecule has 0 unspecified atom stereocenters. The predicted molar refractivity (Wildman–Crippen MR) is 85.9 cm³/mol. The van der Waals surface area contributed by atoms with E-state index >= 15 is 0 Å². The van der Waals surface area contributed by atoms with Crippen molar-refractivity contribution in [3.63, 3.8) is 0 Å². The summed E-state index contributed by atoms with van der Waals surface area (Å²) in [5.74, 6) is 0.150. The second kappa shape index (κ2) is 7.38. The molecule has 0 aliphatic carbocycles. The number of nitrogens with zero attached hydrogens (tertiary/aromatic N) is 1. The van der Waals surface area contributed by atoms with Crippen molar-refractivity contribution in [3.8, 4) is 0 Å². The molecule has 0 heterocycles. The van der Waals surface area contributed by atoms with Crippen LogP contribution in [-0.2, 0) is 16.4 Å². The Labute approximate surface area is 127 Å². The van der Waals surface area contributed by atoms with Gasteiger partial charge in [-0.15, -0.1) is 0 Å². The summed E-state index contributed by atoms with van der Waals surface area (Å²) in [6, 6.07) is 18.8. The van der Waals surface area contributed by atoms with Crippen molar-refractivity contribution in [1.29, 1.82) is 0 Å². The van der Waals surface area contributed by atoms with Gasteiger partial charge in [0.25, 0.3) is 0 Å². The van der Waals surface area contributed by atoms with Gasteiger partial charge in [-0.2, -0.15) is 0 Å². The molecule has 21 heavy (non-hydrogen) atoms. The molecule has 0 aromatic heterocycles. The van der Waals surface area contributed by atoms with Gasteiger partial charge in [0.15, 0.2) is 9.84 Å². The van der Waals surface area contributed by atoms with Crippen LogP contribution in [0.4, 0.5) is 0 Å². The minimum atomic E-state index is -3.20. The topological polar surface area (TPSA) is 37.4 Å². The van der Waals surface area contributed by atoms with Crippen LogP contribution in [0.2, 0.25) is 0 Å². The lowest BCUT2D eigenvalue weighted by Crippen LogP contribution is -2.29. The van der Waals surface area contributed by atoms with E-state index in [0.29, 0.717) is 11.4 Å². The van der Waals surface area contributed by atoms with E-state index in [2.05, 4.69) is 24.0 Å². The van der Waals surface area contributed by atoms with Crippen LogP contribution in [0.15, 0.2) is 65.6 Å². The largest absolute Gasteiger partial charge is 0.298 e. The second-order valence-corrected chi connectivity index (χ2v) is 7.10. The van der Waals surface area contributed by atoms with Crippen molar-refractivity contribution < 1.29 is 8.42 Å². The van der Waals surface area contributed by atoms with E-state index in [-0.39, 0.29) is 5.75 Å².